The minimum Gasteiger partial charge on any atom is -0.493 e. The van der Waals surface area contributed by atoms with Gasteiger partial charge in [-0.1, -0.05) is 36.4 Å². The van der Waals surface area contributed by atoms with Crippen LogP contribution in [-0.4, -0.2) is 17.8 Å². The van der Waals surface area contributed by atoms with E-state index in [1.54, 1.807) is 24.3 Å². The Morgan fingerprint density at radius 3 is 2.52 bits per heavy atom. The molecule has 4 rings (SSSR count). The van der Waals surface area contributed by atoms with Crippen LogP contribution in [0.15, 0.2) is 60.4 Å². The van der Waals surface area contributed by atoms with Gasteiger partial charge in [-0.15, -0.1) is 0 Å². The first-order chi connectivity index (χ1) is 12.1. The summed E-state index contributed by atoms with van der Waals surface area (Å²) >= 11 is 0. The highest BCUT2D eigenvalue weighted by molar-refractivity contribution is 6.23. The number of non-ortho nitro benzene ring substituents is 1. The fourth-order valence-corrected chi connectivity index (χ4v) is 3.27. The van der Waals surface area contributed by atoms with Gasteiger partial charge in [0.1, 0.15) is 0 Å². The van der Waals surface area contributed by atoms with Crippen LogP contribution in [0.2, 0.25) is 0 Å². The fraction of sp³-hybridized carbons (Fsp3) is 0.0500. The van der Waals surface area contributed by atoms with E-state index in [9.17, 15) is 14.9 Å². The summed E-state index contributed by atoms with van der Waals surface area (Å²) in [5, 5.41) is 12.8. The summed E-state index contributed by atoms with van der Waals surface area (Å²) in [6.07, 6.45) is 1.73. The number of methoxy groups -OCH3 is 1. The van der Waals surface area contributed by atoms with E-state index in [4.69, 9.17) is 4.74 Å². The second kappa shape index (κ2) is 5.56. The molecule has 5 nitrogen and oxygen atoms in total. The highest BCUT2D eigenvalue weighted by Crippen LogP contribution is 2.37. The van der Waals surface area contributed by atoms with Crippen LogP contribution in [0.3, 0.4) is 0 Å². The second-order valence-electron chi connectivity index (χ2n) is 5.78. The molecule has 0 aliphatic heterocycles. The quantitative estimate of drug-likeness (QED) is 0.519. The topological polar surface area (TPSA) is 69.4 Å². The average Bonchev–Trinajstić information content (AvgIpc) is 2.64. The van der Waals surface area contributed by atoms with Crippen LogP contribution in [-0.2, 0) is 4.74 Å². The Kier molecular flexibility index (Phi) is 3.35. The van der Waals surface area contributed by atoms with Gasteiger partial charge in [0, 0.05) is 23.1 Å². The maximum Gasteiger partial charge on any atom is 0.270 e. The van der Waals surface area contributed by atoms with E-state index in [0.717, 1.165) is 27.5 Å². The summed E-state index contributed by atoms with van der Waals surface area (Å²) in [5.41, 5.74) is 3.12. The van der Waals surface area contributed by atoms with Crippen molar-refractivity contribution >= 4 is 28.3 Å². The number of nitro groups is 1. The van der Waals surface area contributed by atoms with E-state index in [0.29, 0.717) is 11.3 Å². The van der Waals surface area contributed by atoms with Gasteiger partial charge in [-0.3, -0.25) is 14.9 Å². The lowest BCUT2D eigenvalue weighted by Crippen LogP contribution is -2.10. The molecular weight excluding hydrogens is 318 g/mol. The Hall–Kier alpha value is -3.47. The van der Waals surface area contributed by atoms with E-state index < -0.39 is 4.92 Å². The average molecular weight is 331 g/mol. The molecule has 25 heavy (non-hydrogen) atoms. The monoisotopic (exact) mass is 331 g/mol. The molecule has 1 aliphatic carbocycles. The molecule has 0 saturated heterocycles. The van der Waals surface area contributed by atoms with Crippen molar-refractivity contribution < 1.29 is 14.5 Å². The molecule has 0 N–H and O–H groups in total. The van der Waals surface area contributed by atoms with Crippen molar-refractivity contribution in [2.45, 2.75) is 0 Å². The van der Waals surface area contributed by atoms with Crippen molar-refractivity contribution in [1.29, 1.82) is 0 Å². The van der Waals surface area contributed by atoms with Crippen LogP contribution in [0.5, 0.6) is 0 Å². The molecule has 0 aromatic heterocycles. The van der Waals surface area contributed by atoms with Crippen LogP contribution in [0.1, 0.15) is 15.9 Å². The molecule has 0 amide bonds. The molecule has 0 saturated carbocycles. The molecule has 0 fully saturated rings. The summed E-state index contributed by atoms with van der Waals surface area (Å²) in [5.74, 6) is 0.153. The molecule has 3 aromatic rings. The van der Waals surface area contributed by atoms with E-state index in [1.165, 1.54) is 13.2 Å². The third kappa shape index (κ3) is 2.29. The number of rotatable bonds is 3. The summed E-state index contributed by atoms with van der Waals surface area (Å²) < 4.78 is 5.18. The summed E-state index contributed by atoms with van der Waals surface area (Å²) in [4.78, 5) is 23.2. The first-order valence-corrected chi connectivity index (χ1v) is 7.71. The lowest BCUT2D eigenvalue weighted by molar-refractivity contribution is -0.384. The van der Waals surface area contributed by atoms with Gasteiger partial charge in [0.2, 0.25) is 5.78 Å². The number of ketones is 1. The van der Waals surface area contributed by atoms with E-state index in [2.05, 4.69) is 0 Å². The fourth-order valence-electron chi connectivity index (χ4n) is 3.27. The molecule has 1 aliphatic rings. The van der Waals surface area contributed by atoms with Crippen molar-refractivity contribution in [3.8, 4) is 11.1 Å². The number of hydrogen-bond acceptors (Lipinski definition) is 4. The maximum atomic E-state index is 12.5. The number of ether oxygens (including phenoxy) is 1. The Labute approximate surface area is 143 Å². The third-order valence-corrected chi connectivity index (χ3v) is 4.42. The van der Waals surface area contributed by atoms with Gasteiger partial charge in [0.15, 0.2) is 5.76 Å². The summed E-state index contributed by atoms with van der Waals surface area (Å²) in [6, 6.07) is 15.9. The molecule has 0 bridgehead atoms. The number of nitro benzene ring substituents is 1. The molecule has 0 radical (unpaired) electrons. The standard InChI is InChI=1S/C20H13NO4/c1-25-18-11-13-5-3-7-16-15(8-9-17(19(13)16)20(18)22)12-4-2-6-14(10-12)21(23)24/h2-11H,1H3. The zero-order chi connectivity index (χ0) is 17.6. The predicted octanol–water partition coefficient (Wildman–Crippen LogP) is 4.60. The first kappa shape index (κ1) is 15.1. The Balaban J connectivity index is 2.01. The Bertz CT molecular complexity index is 1080. The lowest BCUT2D eigenvalue weighted by atomic mass is 9.87. The molecular formula is C20H13NO4. The van der Waals surface area contributed by atoms with Crippen LogP contribution >= 0.6 is 0 Å². The lowest BCUT2D eigenvalue weighted by Gasteiger charge is -2.18. The zero-order valence-electron chi connectivity index (χ0n) is 13.4. The normalized spacial score (nSPS) is 12.8. The number of benzene rings is 3. The summed E-state index contributed by atoms with van der Waals surface area (Å²) in [7, 11) is 1.48. The SMILES string of the molecule is COC1=Cc2cccc3c(-c4cccc([N+](=O)[O-])c4)ccc(c23)C1=O. The van der Waals surface area contributed by atoms with E-state index in [1.807, 2.05) is 30.3 Å². The van der Waals surface area contributed by atoms with Crippen molar-refractivity contribution in [3.05, 3.63) is 81.6 Å². The van der Waals surface area contributed by atoms with Gasteiger partial charge in [0.05, 0.1) is 12.0 Å². The Morgan fingerprint density at radius 2 is 1.76 bits per heavy atom. The number of allylic oxidation sites excluding steroid dienone is 1. The maximum absolute atomic E-state index is 12.5. The molecule has 3 aromatic carbocycles. The highest BCUT2D eigenvalue weighted by Gasteiger charge is 2.24. The van der Waals surface area contributed by atoms with Gasteiger partial charge in [-0.05, 0) is 34.2 Å². The smallest absolute Gasteiger partial charge is 0.270 e. The molecule has 0 spiro atoms. The highest BCUT2D eigenvalue weighted by atomic mass is 16.6. The van der Waals surface area contributed by atoms with Crippen LogP contribution in [0.25, 0.3) is 28.0 Å². The minimum atomic E-state index is -0.411. The van der Waals surface area contributed by atoms with Gasteiger partial charge >= 0.3 is 0 Å². The third-order valence-electron chi connectivity index (χ3n) is 4.42. The van der Waals surface area contributed by atoms with Gasteiger partial charge in [-0.2, -0.15) is 0 Å². The molecule has 5 heteroatoms. The number of nitrogens with zero attached hydrogens (tertiary/aromatic N) is 1. The molecule has 0 heterocycles. The number of hydrogen-bond donors (Lipinski definition) is 0. The second-order valence-corrected chi connectivity index (χ2v) is 5.78. The molecule has 0 unspecified atom stereocenters. The predicted molar refractivity (Wildman–Crippen MR) is 95.4 cm³/mol. The summed E-state index contributed by atoms with van der Waals surface area (Å²) in [6.45, 7) is 0. The van der Waals surface area contributed by atoms with Crippen molar-refractivity contribution in [1.82, 2.24) is 0 Å². The van der Waals surface area contributed by atoms with Gasteiger partial charge in [-0.25, -0.2) is 0 Å². The van der Waals surface area contributed by atoms with E-state index >= 15 is 0 Å². The van der Waals surface area contributed by atoms with Crippen LogP contribution in [0.4, 0.5) is 5.69 Å². The minimum absolute atomic E-state index is 0.0376. The van der Waals surface area contributed by atoms with Crippen molar-refractivity contribution in [2.75, 3.05) is 7.11 Å². The van der Waals surface area contributed by atoms with Crippen LogP contribution in [0, 0.1) is 10.1 Å². The van der Waals surface area contributed by atoms with Crippen molar-refractivity contribution in [3.63, 3.8) is 0 Å². The van der Waals surface area contributed by atoms with Gasteiger partial charge in [0.25, 0.3) is 5.69 Å². The van der Waals surface area contributed by atoms with Gasteiger partial charge < -0.3 is 4.74 Å². The molecule has 0 atom stereocenters. The Morgan fingerprint density at radius 1 is 1.00 bits per heavy atom. The number of Topliss-reactive ketones (excluding diaryl/α,β-unsaturated/α-hetero) is 1. The zero-order valence-corrected chi connectivity index (χ0v) is 13.4. The van der Waals surface area contributed by atoms with Crippen molar-refractivity contribution in [2.24, 2.45) is 0 Å². The van der Waals surface area contributed by atoms with E-state index in [-0.39, 0.29) is 11.5 Å². The number of carbonyl (C=O) groups is 1. The van der Waals surface area contributed by atoms with Crippen LogP contribution < -0.4 is 0 Å². The first-order valence-electron chi connectivity index (χ1n) is 7.71. The molecule has 122 valence electrons. The number of carbonyl (C=O) groups excluding carboxylic acids is 1. The largest absolute Gasteiger partial charge is 0.493 e.